The molecule has 3 aromatic rings. The molecule has 1 unspecified atom stereocenters. The van der Waals surface area contributed by atoms with Gasteiger partial charge in [0.25, 0.3) is 0 Å². The molecule has 0 saturated heterocycles. The molecule has 0 saturated carbocycles. The number of hydrogen-bond donors (Lipinski definition) is 2. The number of fused-ring (bicyclic) bond motifs is 1. The molecule has 1 aliphatic heterocycles. The fraction of sp³-hybridized carbons (Fsp3) is 0.333. The van der Waals surface area contributed by atoms with Gasteiger partial charge in [-0.15, -0.1) is 0 Å². The minimum atomic E-state index is -0.584. The quantitative estimate of drug-likeness (QED) is 0.421. The van der Waals surface area contributed by atoms with Crippen LogP contribution in [0.3, 0.4) is 0 Å². The Kier molecular flexibility index (Phi) is 8.74. The van der Waals surface area contributed by atoms with Crippen molar-refractivity contribution in [2.45, 2.75) is 51.2 Å². The van der Waals surface area contributed by atoms with Crippen LogP contribution < -0.4 is 20.3 Å². The van der Waals surface area contributed by atoms with Crippen molar-refractivity contribution in [3.8, 4) is 5.75 Å². The highest BCUT2D eigenvalue weighted by atomic mass is 16.5. The molecule has 0 aliphatic carbocycles. The van der Waals surface area contributed by atoms with E-state index in [4.69, 9.17) is 4.74 Å². The zero-order valence-corrected chi connectivity index (χ0v) is 21.1. The van der Waals surface area contributed by atoms with Crippen LogP contribution in [0.5, 0.6) is 5.75 Å². The monoisotopic (exact) mass is 485 g/mol. The molecule has 2 atom stereocenters. The summed E-state index contributed by atoms with van der Waals surface area (Å²) < 4.78 is 6.09. The lowest BCUT2D eigenvalue weighted by Gasteiger charge is -2.27. The highest BCUT2D eigenvalue weighted by molar-refractivity contribution is 6.01. The van der Waals surface area contributed by atoms with Crippen LogP contribution in [0.25, 0.3) is 0 Å². The van der Waals surface area contributed by atoms with Crippen molar-refractivity contribution in [1.29, 1.82) is 0 Å². The highest BCUT2D eigenvalue weighted by Gasteiger charge is 2.32. The van der Waals surface area contributed by atoms with Gasteiger partial charge in [0.15, 0.2) is 0 Å². The van der Waals surface area contributed by atoms with E-state index in [0.29, 0.717) is 26.0 Å². The van der Waals surface area contributed by atoms with Crippen LogP contribution >= 0.6 is 0 Å². The Labute approximate surface area is 213 Å². The first-order valence-corrected chi connectivity index (χ1v) is 12.7. The van der Waals surface area contributed by atoms with Gasteiger partial charge in [0.2, 0.25) is 11.8 Å². The fourth-order valence-electron chi connectivity index (χ4n) is 4.43. The normalized spacial score (nSPS) is 16.1. The summed E-state index contributed by atoms with van der Waals surface area (Å²) >= 11 is 0. The van der Waals surface area contributed by atoms with Crippen LogP contribution in [0.15, 0.2) is 78.9 Å². The molecule has 0 fully saturated rings. The maximum Gasteiger partial charge on any atom is 0.249 e. The van der Waals surface area contributed by atoms with Crippen molar-refractivity contribution in [3.05, 3.63) is 95.6 Å². The molecule has 1 aliphatic rings. The number of carbonyl (C=O) groups excluding carboxylic acids is 2. The van der Waals surface area contributed by atoms with Gasteiger partial charge in [-0.2, -0.15) is 0 Å². The number of aryl methyl sites for hydroxylation is 2. The molecule has 2 amide bonds. The summed E-state index contributed by atoms with van der Waals surface area (Å²) in [5.41, 5.74) is 4.25. The lowest BCUT2D eigenvalue weighted by Crippen LogP contribution is -2.52. The zero-order valence-electron chi connectivity index (χ0n) is 21.1. The Bertz CT molecular complexity index is 1150. The van der Waals surface area contributed by atoms with E-state index in [-0.39, 0.29) is 17.9 Å². The maximum absolute atomic E-state index is 13.7. The number of nitrogens with one attached hydrogen (secondary N) is 2. The number of nitrogens with zero attached hydrogens (tertiary/aromatic N) is 1. The van der Waals surface area contributed by atoms with E-state index in [1.807, 2.05) is 54.6 Å². The van der Waals surface area contributed by atoms with Crippen LogP contribution in [0.2, 0.25) is 0 Å². The summed E-state index contributed by atoms with van der Waals surface area (Å²) in [5, 5.41) is 5.90. The van der Waals surface area contributed by atoms with Gasteiger partial charge >= 0.3 is 0 Å². The second-order valence-corrected chi connectivity index (χ2v) is 9.25. The molecule has 6 heteroatoms. The van der Waals surface area contributed by atoms with Crippen molar-refractivity contribution < 1.29 is 14.3 Å². The van der Waals surface area contributed by atoms with E-state index in [2.05, 4.69) is 34.9 Å². The highest BCUT2D eigenvalue weighted by Crippen LogP contribution is 2.32. The first-order valence-electron chi connectivity index (χ1n) is 12.7. The molecule has 188 valence electrons. The SMILES string of the molecule is CN[C@@H](C)C(=O)NC1CCc2ccc(OCCCc3ccccc3)cc2N(Cc2ccccc2)C1=O. The Morgan fingerprint density at radius 2 is 1.72 bits per heavy atom. The van der Waals surface area contributed by atoms with Crippen molar-refractivity contribution in [2.24, 2.45) is 0 Å². The molecule has 0 aromatic heterocycles. The van der Waals surface area contributed by atoms with Gasteiger partial charge in [0.1, 0.15) is 11.8 Å². The molecule has 0 spiro atoms. The van der Waals surface area contributed by atoms with Crippen LogP contribution in [-0.2, 0) is 29.0 Å². The van der Waals surface area contributed by atoms with Crippen molar-refractivity contribution in [2.75, 3.05) is 18.6 Å². The van der Waals surface area contributed by atoms with Gasteiger partial charge in [-0.3, -0.25) is 9.59 Å². The van der Waals surface area contributed by atoms with Gasteiger partial charge in [-0.25, -0.2) is 0 Å². The van der Waals surface area contributed by atoms with Gasteiger partial charge in [0, 0.05) is 6.07 Å². The Morgan fingerprint density at radius 3 is 2.42 bits per heavy atom. The maximum atomic E-state index is 13.7. The predicted octanol–water partition coefficient (Wildman–Crippen LogP) is 4.27. The van der Waals surface area contributed by atoms with Crippen molar-refractivity contribution >= 4 is 17.5 Å². The average Bonchev–Trinajstić information content (AvgIpc) is 3.04. The topological polar surface area (TPSA) is 70.7 Å². The molecular formula is C30H35N3O3. The summed E-state index contributed by atoms with van der Waals surface area (Å²) in [6.07, 6.45) is 3.11. The standard InChI is InChI=1S/C30H35N3O3/c1-22(31-2)29(34)32-27-18-16-25-15-17-26(36-19-9-14-23-10-5-3-6-11-23)20-28(25)33(30(27)35)21-24-12-7-4-8-13-24/h3-8,10-13,15,17,20,22,27,31H,9,14,16,18-19,21H2,1-2H3,(H,32,34)/t22-,27?/m0/s1. The number of hydrogen-bond acceptors (Lipinski definition) is 4. The molecule has 3 aromatic carbocycles. The van der Waals surface area contributed by atoms with Gasteiger partial charge in [-0.05, 0) is 62.4 Å². The minimum absolute atomic E-state index is 0.101. The van der Waals surface area contributed by atoms with E-state index in [1.165, 1.54) is 5.56 Å². The smallest absolute Gasteiger partial charge is 0.249 e. The molecule has 1 heterocycles. The average molecular weight is 486 g/mol. The number of carbonyl (C=O) groups is 2. The zero-order chi connectivity index (χ0) is 25.3. The first-order chi connectivity index (χ1) is 17.5. The second kappa shape index (κ2) is 12.4. The van der Waals surface area contributed by atoms with Crippen LogP contribution in [-0.4, -0.2) is 37.6 Å². The van der Waals surface area contributed by atoms with Crippen molar-refractivity contribution in [3.63, 3.8) is 0 Å². The fourth-order valence-corrected chi connectivity index (χ4v) is 4.43. The van der Waals surface area contributed by atoms with Crippen molar-refractivity contribution in [1.82, 2.24) is 10.6 Å². The van der Waals surface area contributed by atoms with Gasteiger partial charge in [0.05, 0.1) is 24.9 Å². The second-order valence-electron chi connectivity index (χ2n) is 9.25. The lowest BCUT2D eigenvalue weighted by molar-refractivity contribution is -0.128. The molecule has 0 bridgehead atoms. The Hall–Kier alpha value is -3.64. The van der Waals surface area contributed by atoms with E-state index in [1.54, 1.807) is 18.9 Å². The third-order valence-corrected chi connectivity index (χ3v) is 6.66. The summed E-state index contributed by atoms with van der Waals surface area (Å²) in [7, 11) is 1.73. The third kappa shape index (κ3) is 6.52. The number of likely N-dealkylation sites (N-methyl/N-ethyl adjacent to an activating group) is 1. The van der Waals surface area contributed by atoms with Crippen LogP contribution in [0.1, 0.15) is 36.5 Å². The van der Waals surface area contributed by atoms with Crippen LogP contribution in [0, 0.1) is 0 Å². The minimum Gasteiger partial charge on any atom is -0.494 e. The summed E-state index contributed by atoms with van der Waals surface area (Å²) in [4.78, 5) is 28.1. The Balaban J connectivity index is 1.52. The number of anilines is 1. The molecule has 0 radical (unpaired) electrons. The molecule has 4 rings (SSSR count). The van der Waals surface area contributed by atoms with E-state index < -0.39 is 6.04 Å². The molecule has 6 nitrogen and oxygen atoms in total. The van der Waals surface area contributed by atoms with E-state index in [9.17, 15) is 9.59 Å². The summed E-state index contributed by atoms with van der Waals surface area (Å²) in [6, 6.07) is 25.4. The number of amides is 2. The van der Waals surface area contributed by atoms with Crippen LogP contribution in [0.4, 0.5) is 5.69 Å². The summed E-state index contributed by atoms with van der Waals surface area (Å²) in [5.74, 6) is 0.471. The lowest BCUT2D eigenvalue weighted by atomic mass is 10.1. The molecular weight excluding hydrogens is 450 g/mol. The third-order valence-electron chi connectivity index (χ3n) is 6.66. The Morgan fingerprint density at radius 1 is 1.03 bits per heavy atom. The summed E-state index contributed by atoms with van der Waals surface area (Å²) in [6.45, 7) is 2.81. The number of ether oxygens (including phenoxy) is 1. The number of rotatable bonds is 10. The van der Waals surface area contributed by atoms with Gasteiger partial charge < -0.3 is 20.3 Å². The predicted molar refractivity (Wildman–Crippen MR) is 143 cm³/mol. The number of benzene rings is 3. The first kappa shape index (κ1) is 25.5. The van der Waals surface area contributed by atoms with Gasteiger partial charge in [-0.1, -0.05) is 66.7 Å². The van der Waals surface area contributed by atoms with E-state index in [0.717, 1.165) is 35.4 Å². The van der Waals surface area contributed by atoms with E-state index >= 15 is 0 Å². The molecule has 2 N–H and O–H groups in total. The largest absolute Gasteiger partial charge is 0.494 e. The molecule has 36 heavy (non-hydrogen) atoms.